The molecule has 1 aliphatic carbocycles. The summed E-state index contributed by atoms with van der Waals surface area (Å²) in [5.74, 6) is 4.54. The fourth-order valence-electron chi connectivity index (χ4n) is 4.68. The van der Waals surface area contributed by atoms with Gasteiger partial charge < -0.3 is 0 Å². The molecule has 0 heteroatoms. The van der Waals surface area contributed by atoms with Gasteiger partial charge in [-0.2, -0.15) is 0 Å². The summed E-state index contributed by atoms with van der Waals surface area (Å²) in [4.78, 5) is 0. The minimum Gasteiger partial charge on any atom is -0.0654 e. The van der Waals surface area contributed by atoms with Crippen LogP contribution in [0.15, 0.2) is 0 Å². The molecule has 0 heterocycles. The first-order valence-corrected chi connectivity index (χ1v) is 9.36. The molecule has 0 saturated heterocycles. The Hall–Kier alpha value is 0. The fraction of sp³-hybridized carbons (Fsp3) is 1.00. The third-order valence-electron chi connectivity index (χ3n) is 7.05. The molecule has 0 amide bonds. The standard InChI is InChI=1S/C20H40/c1-8-10-11-19-14-16(5)18(9-2)12-13-20(7,15(3)4)17(19)6/h15-19H,8-14H2,1-7H3. The van der Waals surface area contributed by atoms with Crippen LogP contribution < -0.4 is 0 Å². The largest absolute Gasteiger partial charge is 0.0654 e. The van der Waals surface area contributed by atoms with E-state index in [4.69, 9.17) is 0 Å². The van der Waals surface area contributed by atoms with Crippen molar-refractivity contribution in [3.05, 3.63) is 0 Å². The summed E-state index contributed by atoms with van der Waals surface area (Å²) in [6.45, 7) is 17.3. The lowest BCUT2D eigenvalue weighted by molar-refractivity contribution is 0.0199. The first kappa shape index (κ1) is 18.1. The van der Waals surface area contributed by atoms with Crippen LogP contribution in [-0.4, -0.2) is 0 Å². The van der Waals surface area contributed by atoms with Gasteiger partial charge in [-0.15, -0.1) is 0 Å². The second kappa shape index (κ2) is 7.85. The first-order chi connectivity index (χ1) is 9.36. The van der Waals surface area contributed by atoms with Gasteiger partial charge >= 0.3 is 0 Å². The molecular weight excluding hydrogens is 240 g/mol. The van der Waals surface area contributed by atoms with Gasteiger partial charge in [-0.1, -0.05) is 74.1 Å². The summed E-state index contributed by atoms with van der Waals surface area (Å²) in [6.07, 6.45) is 9.99. The molecule has 0 bridgehead atoms. The molecule has 0 aromatic heterocycles. The highest BCUT2D eigenvalue weighted by atomic mass is 14.5. The van der Waals surface area contributed by atoms with Crippen molar-refractivity contribution in [2.75, 3.05) is 0 Å². The minimum absolute atomic E-state index is 0.548. The zero-order valence-corrected chi connectivity index (χ0v) is 15.3. The Balaban J connectivity index is 2.94. The highest BCUT2D eigenvalue weighted by Crippen LogP contribution is 2.50. The van der Waals surface area contributed by atoms with Crippen molar-refractivity contribution in [3.63, 3.8) is 0 Å². The van der Waals surface area contributed by atoms with Gasteiger partial charge in [-0.3, -0.25) is 0 Å². The van der Waals surface area contributed by atoms with E-state index < -0.39 is 0 Å². The zero-order chi connectivity index (χ0) is 15.3. The van der Waals surface area contributed by atoms with Gasteiger partial charge in [0.2, 0.25) is 0 Å². The normalized spacial score (nSPS) is 39.6. The van der Waals surface area contributed by atoms with Crippen molar-refractivity contribution in [2.45, 2.75) is 93.4 Å². The van der Waals surface area contributed by atoms with Crippen LogP contribution in [0.25, 0.3) is 0 Å². The molecule has 5 atom stereocenters. The number of rotatable bonds is 5. The first-order valence-electron chi connectivity index (χ1n) is 9.36. The van der Waals surface area contributed by atoms with Crippen molar-refractivity contribution >= 4 is 0 Å². The van der Waals surface area contributed by atoms with Gasteiger partial charge in [0.25, 0.3) is 0 Å². The topological polar surface area (TPSA) is 0 Å². The number of hydrogen-bond donors (Lipinski definition) is 0. The van der Waals surface area contributed by atoms with Crippen molar-refractivity contribution in [3.8, 4) is 0 Å². The monoisotopic (exact) mass is 280 g/mol. The Kier molecular flexibility index (Phi) is 7.09. The molecule has 5 unspecified atom stereocenters. The Morgan fingerprint density at radius 3 is 2.25 bits per heavy atom. The van der Waals surface area contributed by atoms with E-state index >= 15 is 0 Å². The van der Waals surface area contributed by atoms with Crippen LogP contribution in [0.4, 0.5) is 0 Å². The molecule has 0 nitrogen and oxygen atoms in total. The van der Waals surface area contributed by atoms with E-state index in [1.165, 1.54) is 44.9 Å². The summed E-state index contributed by atoms with van der Waals surface area (Å²) < 4.78 is 0. The van der Waals surface area contributed by atoms with Crippen molar-refractivity contribution in [2.24, 2.45) is 35.0 Å². The summed E-state index contributed by atoms with van der Waals surface area (Å²) >= 11 is 0. The lowest BCUT2D eigenvalue weighted by atomic mass is 9.58. The lowest BCUT2D eigenvalue weighted by Crippen LogP contribution is -2.39. The van der Waals surface area contributed by atoms with E-state index in [2.05, 4.69) is 48.5 Å². The maximum absolute atomic E-state index is 2.59. The van der Waals surface area contributed by atoms with Crippen molar-refractivity contribution in [1.29, 1.82) is 0 Å². The molecule has 1 saturated carbocycles. The molecule has 0 aromatic carbocycles. The molecule has 0 aliphatic heterocycles. The second-order valence-electron chi connectivity index (χ2n) is 8.27. The van der Waals surface area contributed by atoms with Gasteiger partial charge in [0.15, 0.2) is 0 Å². The average Bonchev–Trinajstić information content (AvgIpc) is 2.41. The summed E-state index contributed by atoms with van der Waals surface area (Å²) in [6, 6.07) is 0. The van der Waals surface area contributed by atoms with E-state index in [0.29, 0.717) is 5.41 Å². The van der Waals surface area contributed by atoms with Gasteiger partial charge in [-0.05, 0) is 54.3 Å². The van der Waals surface area contributed by atoms with Crippen LogP contribution in [0.1, 0.15) is 93.4 Å². The van der Waals surface area contributed by atoms with E-state index in [1.807, 2.05) is 0 Å². The molecule has 0 aromatic rings. The molecule has 0 N–H and O–H groups in total. The maximum atomic E-state index is 2.59. The predicted molar refractivity (Wildman–Crippen MR) is 91.9 cm³/mol. The van der Waals surface area contributed by atoms with E-state index in [9.17, 15) is 0 Å². The van der Waals surface area contributed by atoms with Crippen LogP contribution >= 0.6 is 0 Å². The summed E-state index contributed by atoms with van der Waals surface area (Å²) in [5, 5.41) is 0. The van der Waals surface area contributed by atoms with Crippen molar-refractivity contribution < 1.29 is 0 Å². The third-order valence-corrected chi connectivity index (χ3v) is 7.05. The van der Waals surface area contributed by atoms with E-state index in [1.54, 1.807) is 0 Å². The predicted octanol–water partition coefficient (Wildman–Crippen LogP) is 6.94. The van der Waals surface area contributed by atoms with Crippen molar-refractivity contribution in [1.82, 2.24) is 0 Å². The quantitative estimate of drug-likeness (QED) is 0.512. The highest BCUT2D eigenvalue weighted by Gasteiger charge is 2.41. The Morgan fingerprint density at radius 1 is 1.10 bits per heavy atom. The van der Waals surface area contributed by atoms with Gasteiger partial charge in [-0.25, -0.2) is 0 Å². The number of hydrogen-bond acceptors (Lipinski definition) is 0. The molecule has 0 spiro atoms. The minimum atomic E-state index is 0.548. The molecule has 120 valence electrons. The molecule has 0 radical (unpaired) electrons. The smallest absolute Gasteiger partial charge is 0.0274 e. The van der Waals surface area contributed by atoms with Gasteiger partial charge in [0.1, 0.15) is 0 Å². The fourth-order valence-corrected chi connectivity index (χ4v) is 4.68. The molecule has 1 fully saturated rings. The lowest BCUT2D eigenvalue weighted by Gasteiger charge is -2.48. The van der Waals surface area contributed by atoms with Gasteiger partial charge in [0, 0.05) is 0 Å². The molecule has 1 rings (SSSR count). The van der Waals surface area contributed by atoms with Crippen LogP contribution in [0, 0.1) is 35.0 Å². The third kappa shape index (κ3) is 4.01. The van der Waals surface area contributed by atoms with Crippen LogP contribution in [0.5, 0.6) is 0 Å². The Morgan fingerprint density at radius 2 is 1.75 bits per heavy atom. The molecule has 1 aliphatic rings. The van der Waals surface area contributed by atoms with Crippen LogP contribution in [0.3, 0.4) is 0 Å². The maximum Gasteiger partial charge on any atom is -0.0274 e. The summed E-state index contributed by atoms with van der Waals surface area (Å²) in [5.41, 5.74) is 0.548. The Labute approximate surface area is 129 Å². The van der Waals surface area contributed by atoms with E-state index in [0.717, 1.165) is 29.6 Å². The Bertz CT molecular complexity index is 267. The summed E-state index contributed by atoms with van der Waals surface area (Å²) in [7, 11) is 0. The molecular formula is C20H40. The van der Waals surface area contributed by atoms with Crippen LogP contribution in [0.2, 0.25) is 0 Å². The number of unbranched alkanes of at least 4 members (excludes halogenated alkanes) is 1. The van der Waals surface area contributed by atoms with Crippen LogP contribution in [-0.2, 0) is 0 Å². The molecule has 20 heavy (non-hydrogen) atoms. The van der Waals surface area contributed by atoms with E-state index in [-0.39, 0.29) is 0 Å². The second-order valence-corrected chi connectivity index (χ2v) is 8.27. The highest BCUT2D eigenvalue weighted by molar-refractivity contribution is 4.90. The van der Waals surface area contributed by atoms with Gasteiger partial charge in [0.05, 0.1) is 0 Å². The SMILES string of the molecule is CCCCC1CC(C)C(CC)CCC(C)(C(C)C)C1C. The average molecular weight is 281 g/mol. The zero-order valence-electron chi connectivity index (χ0n) is 15.3.